The van der Waals surface area contributed by atoms with Crippen LogP contribution in [0.3, 0.4) is 0 Å². The summed E-state index contributed by atoms with van der Waals surface area (Å²) >= 11 is 0. The van der Waals surface area contributed by atoms with Gasteiger partial charge in [-0.05, 0) is 31.5 Å². The molecule has 1 aliphatic carbocycles. The summed E-state index contributed by atoms with van der Waals surface area (Å²) in [4.78, 5) is 2.25. The Balaban J connectivity index is 1.90. The molecule has 90 valence electrons. The van der Waals surface area contributed by atoms with E-state index < -0.39 is 5.60 Å². The van der Waals surface area contributed by atoms with Gasteiger partial charge in [-0.15, -0.1) is 0 Å². The molecule has 0 amide bonds. The Morgan fingerprint density at radius 2 is 2.19 bits per heavy atom. The van der Waals surface area contributed by atoms with E-state index in [1.54, 1.807) is 6.26 Å². The van der Waals surface area contributed by atoms with Crippen LogP contribution in [-0.2, 0) is 6.54 Å². The van der Waals surface area contributed by atoms with Crippen LogP contribution in [0.25, 0.3) is 0 Å². The van der Waals surface area contributed by atoms with E-state index in [-0.39, 0.29) is 0 Å². The average Bonchev–Trinajstić information content (AvgIpc) is 2.89. The lowest BCUT2D eigenvalue weighted by Crippen LogP contribution is -2.40. The van der Waals surface area contributed by atoms with Gasteiger partial charge in [0.15, 0.2) is 0 Å². The molecule has 16 heavy (non-hydrogen) atoms. The van der Waals surface area contributed by atoms with E-state index in [0.717, 1.165) is 51.1 Å². The van der Waals surface area contributed by atoms with Gasteiger partial charge in [-0.1, -0.05) is 19.8 Å². The SMILES string of the molecule is CCN(Cc1ccco1)CC1(O)CCCC1. The van der Waals surface area contributed by atoms with E-state index in [0.29, 0.717) is 0 Å². The lowest BCUT2D eigenvalue weighted by molar-refractivity contribution is 0.00695. The van der Waals surface area contributed by atoms with Gasteiger partial charge in [0, 0.05) is 6.54 Å². The van der Waals surface area contributed by atoms with Crippen molar-refractivity contribution in [3.8, 4) is 0 Å². The van der Waals surface area contributed by atoms with Crippen molar-refractivity contribution in [1.29, 1.82) is 0 Å². The number of rotatable bonds is 5. The molecule has 1 saturated carbocycles. The summed E-state index contributed by atoms with van der Waals surface area (Å²) in [7, 11) is 0. The molecule has 0 bridgehead atoms. The van der Waals surface area contributed by atoms with Gasteiger partial charge in [0.1, 0.15) is 5.76 Å². The van der Waals surface area contributed by atoms with E-state index in [9.17, 15) is 5.11 Å². The fraction of sp³-hybridized carbons (Fsp3) is 0.692. The molecule has 3 heteroatoms. The lowest BCUT2D eigenvalue weighted by atomic mass is 10.0. The summed E-state index contributed by atoms with van der Waals surface area (Å²) in [5.74, 6) is 0.975. The minimum Gasteiger partial charge on any atom is -0.468 e. The second-order valence-corrected chi connectivity index (χ2v) is 4.81. The number of aliphatic hydroxyl groups is 1. The minimum atomic E-state index is -0.456. The van der Waals surface area contributed by atoms with Gasteiger partial charge < -0.3 is 9.52 Å². The van der Waals surface area contributed by atoms with Gasteiger partial charge >= 0.3 is 0 Å². The first-order valence-electron chi connectivity index (χ1n) is 6.19. The van der Waals surface area contributed by atoms with Crippen LogP contribution in [0.2, 0.25) is 0 Å². The lowest BCUT2D eigenvalue weighted by Gasteiger charge is -2.29. The molecular formula is C13H21NO2. The van der Waals surface area contributed by atoms with E-state index in [1.165, 1.54) is 0 Å². The summed E-state index contributed by atoms with van der Waals surface area (Å²) in [6.07, 6.45) is 5.92. The van der Waals surface area contributed by atoms with Crippen molar-refractivity contribution >= 4 is 0 Å². The molecule has 1 aromatic rings. The van der Waals surface area contributed by atoms with Gasteiger partial charge in [0.25, 0.3) is 0 Å². The monoisotopic (exact) mass is 223 g/mol. The predicted octanol–water partition coefficient (Wildman–Crippen LogP) is 2.41. The van der Waals surface area contributed by atoms with Crippen LogP contribution < -0.4 is 0 Å². The van der Waals surface area contributed by atoms with Crippen molar-refractivity contribution in [2.75, 3.05) is 13.1 Å². The largest absolute Gasteiger partial charge is 0.468 e. The molecule has 3 nitrogen and oxygen atoms in total. The topological polar surface area (TPSA) is 36.6 Å². The maximum absolute atomic E-state index is 10.3. The summed E-state index contributed by atoms with van der Waals surface area (Å²) < 4.78 is 5.34. The zero-order valence-electron chi connectivity index (χ0n) is 9.98. The van der Waals surface area contributed by atoms with Crippen LogP contribution in [0.15, 0.2) is 22.8 Å². The second-order valence-electron chi connectivity index (χ2n) is 4.81. The molecule has 0 aromatic carbocycles. The van der Waals surface area contributed by atoms with Crippen molar-refractivity contribution in [3.05, 3.63) is 24.2 Å². The average molecular weight is 223 g/mol. The highest BCUT2D eigenvalue weighted by molar-refractivity contribution is 4.98. The molecule has 1 N–H and O–H groups in total. The van der Waals surface area contributed by atoms with E-state index in [2.05, 4.69) is 11.8 Å². The third-order valence-corrected chi connectivity index (χ3v) is 3.46. The van der Waals surface area contributed by atoms with Crippen LogP contribution >= 0.6 is 0 Å². The summed E-state index contributed by atoms with van der Waals surface area (Å²) in [6, 6.07) is 3.90. The molecule has 0 spiro atoms. The molecular weight excluding hydrogens is 202 g/mol. The van der Waals surface area contributed by atoms with E-state index in [1.807, 2.05) is 12.1 Å². The van der Waals surface area contributed by atoms with Crippen LogP contribution in [-0.4, -0.2) is 28.7 Å². The number of nitrogens with zero attached hydrogens (tertiary/aromatic N) is 1. The number of likely N-dealkylation sites (N-methyl/N-ethyl adjacent to an activating group) is 1. The van der Waals surface area contributed by atoms with Crippen LogP contribution in [0.1, 0.15) is 38.4 Å². The first kappa shape index (κ1) is 11.7. The zero-order valence-corrected chi connectivity index (χ0v) is 9.98. The van der Waals surface area contributed by atoms with Crippen molar-refractivity contribution in [1.82, 2.24) is 4.90 Å². The maximum atomic E-state index is 10.3. The quantitative estimate of drug-likeness (QED) is 0.832. The first-order chi connectivity index (χ1) is 7.72. The molecule has 0 radical (unpaired) electrons. The second kappa shape index (κ2) is 5.02. The van der Waals surface area contributed by atoms with Crippen molar-refractivity contribution in [2.45, 2.75) is 44.8 Å². The fourth-order valence-corrected chi connectivity index (χ4v) is 2.51. The molecule has 1 fully saturated rings. The Morgan fingerprint density at radius 1 is 1.44 bits per heavy atom. The third kappa shape index (κ3) is 2.86. The summed E-state index contributed by atoms with van der Waals surface area (Å²) in [5, 5.41) is 10.3. The highest BCUT2D eigenvalue weighted by atomic mass is 16.3. The third-order valence-electron chi connectivity index (χ3n) is 3.46. The highest BCUT2D eigenvalue weighted by Crippen LogP contribution is 2.30. The van der Waals surface area contributed by atoms with Crippen molar-refractivity contribution in [3.63, 3.8) is 0 Å². The Labute approximate surface area is 97.1 Å². The van der Waals surface area contributed by atoms with Gasteiger partial charge in [-0.2, -0.15) is 0 Å². The molecule has 0 unspecified atom stereocenters. The smallest absolute Gasteiger partial charge is 0.117 e. The molecule has 1 aliphatic rings. The van der Waals surface area contributed by atoms with Gasteiger partial charge in [0.05, 0.1) is 18.4 Å². The maximum Gasteiger partial charge on any atom is 0.117 e. The normalized spacial score (nSPS) is 19.4. The number of hydrogen-bond acceptors (Lipinski definition) is 3. The van der Waals surface area contributed by atoms with Crippen molar-refractivity contribution in [2.24, 2.45) is 0 Å². The first-order valence-corrected chi connectivity index (χ1v) is 6.19. The fourth-order valence-electron chi connectivity index (χ4n) is 2.51. The zero-order chi connectivity index (χ0) is 11.4. The molecule has 0 aliphatic heterocycles. The van der Waals surface area contributed by atoms with Gasteiger partial charge in [-0.25, -0.2) is 0 Å². The van der Waals surface area contributed by atoms with E-state index in [4.69, 9.17) is 4.42 Å². The number of hydrogen-bond donors (Lipinski definition) is 1. The standard InChI is InChI=1S/C13H21NO2/c1-2-14(10-12-6-5-9-16-12)11-13(15)7-3-4-8-13/h5-6,9,15H,2-4,7-8,10-11H2,1H3. The number of furan rings is 1. The van der Waals surface area contributed by atoms with Crippen LogP contribution in [0.4, 0.5) is 0 Å². The van der Waals surface area contributed by atoms with Gasteiger partial charge in [0.2, 0.25) is 0 Å². The van der Waals surface area contributed by atoms with E-state index >= 15 is 0 Å². The predicted molar refractivity (Wildman–Crippen MR) is 63.1 cm³/mol. The minimum absolute atomic E-state index is 0.456. The molecule has 2 rings (SSSR count). The highest BCUT2D eigenvalue weighted by Gasteiger charge is 2.32. The van der Waals surface area contributed by atoms with Crippen LogP contribution in [0.5, 0.6) is 0 Å². The summed E-state index contributed by atoms with van der Waals surface area (Å²) in [6.45, 7) is 4.64. The molecule has 1 heterocycles. The van der Waals surface area contributed by atoms with Crippen LogP contribution in [0, 0.1) is 0 Å². The molecule has 0 atom stereocenters. The Morgan fingerprint density at radius 3 is 2.75 bits per heavy atom. The summed E-state index contributed by atoms with van der Waals surface area (Å²) in [5.41, 5.74) is -0.456. The van der Waals surface area contributed by atoms with Crippen molar-refractivity contribution < 1.29 is 9.52 Å². The van der Waals surface area contributed by atoms with Gasteiger partial charge in [-0.3, -0.25) is 4.90 Å². The Kier molecular flexibility index (Phi) is 3.66. The Hall–Kier alpha value is -0.800. The molecule has 0 saturated heterocycles. The molecule has 1 aromatic heterocycles. The Bertz CT molecular complexity index is 302.